The highest BCUT2D eigenvalue weighted by Crippen LogP contribution is 2.33. The number of pyridine rings is 1. The van der Waals surface area contributed by atoms with Crippen LogP contribution in [0.5, 0.6) is 0 Å². The molecule has 0 atom stereocenters. The first-order valence-electron chi connectivity index (χ1n) is 8.71. The summed E-state index contributed by atoms with van der Waals surface area (Å²) < 4.78 is 37.8. The molecule has 1 fully saturated rings. The third kappa shape index (κ3) is 6.25. The average molecular weight is 386 g/mol. The summed E-state index contributed by atoms with van der Waals surface area (Å²) in [5, 5.41) is 10.2. The van der Waals surface area contributed by atoms with E-state index in [1.54, 1.807) is 0 Å². The molecule has 2 rings (SSSR count). The lowest BCUT2D eigenvalue weighted by Crippen LogP contribution is -2.16. The first-order valence-corrected chi connectivity index (χ1v) is 9.09. The Labute approximate surface area is 156 Å². The number of nitrogens with one attached hydrogen (secondary N) is 2. The normalized spacial score (nSPS) is 16.1. The van der Waals surface area contributed by atoms with E-state index < -0.39 is 11.9 Å². The molecule has 1 aromatic rings. The van der Waals surface area contributed by atoms with Gasteiger partial charge >= 0.3 is 6.18 Å². The van der Waals surface area contributed by atoms with Gasteiger partial charge in [-0.1, -0.05) is 36.2 Å². The van der Waals surface area contributed by atoms with E-state index >= 15 is 0 Å². The number of allylic oxidation sites excluding steroid dienone is 4. The van der Waals surface area contributed by atoms with E-state index in [0.717, 1.165) is 25.0 Å². The fourth-order valence-corrected chi connectivity index (χ4v) is 2.98. The number of unbranched alkanes of at least 4 members (excludes halogenated alkanes) is 1. The highest BCUT2D eigenvalue weighted by molar-refractivity contribution is 6.31. The van der Waals surface area contributed by atoms with Crippen molar-refractivity contribution in [2.24, 2.45) is 5.92 Å². The van der Waals surface area contributed by atoms with Crippen LogP contribution >= 0.6 is 11.6 Å². The number of alkyl halides is 3. The van der Waals surface area contributed by atoms with E-state index in [1.165, 1.54) is 37.7 Å². The summed E-state index contributed by atoms with van der Waals surface area (Å²) >= 11 is 5.64. The zero-order chi connectivity index (χ0) is 19.0. The second kappa shape index (κ2) is 9.88. The van der Waals surface area contributed by atoms with Crippen LogP contribution in [0.2, 0.25) is 5.02 Å². The van der Waals surface area contributed by atoms with Crippen LogP contribution in [0.3, 0.4) is 0 Å². The molecule has 1 aliphatic rings. The Morgan fingerprint density at radius 1 is 1.38 bits per heavy atom. The van der Waals surface area contributed by atoms with Crippen molar-refractivity contribution in [1.82, 2.24) is 10.3 Å². The molecule has 0 radical (unpaired) electrons. The summed E-state index contributed by atoms with van der Waals surface area (Å²) in [6, 6.07) is 1.30. The van der Waals surface area contributed by atoms with Gasteiger partial charge in [-0.25, -0.2) is 4.98 Å². The summed E-state index contributed by atoms with van der Waals surface area (Å²) in [4.78, 5) is 3.41. The van der Waals surface area contributed by atoms with Gasteiger partial charge < -0.3 is 10.7 Å². The summed E-state index contributed by atoms with van der Waals surface area (Å²) in [5.74, 6) is 0.558. The molecule has 1 saturated carbocycles. The second-order valence-electron chi connectivity index (χ2n) is 6.36. The van der Waals surface area contributed by atoms with Gasteiger partial charge in [-0.2, -0.15) is 13.2 Å². The maximum atomic E-state index is 12.6. The van der Waals surface area contributed by atoms with Crippen LogP contribution in [0.4, 0.5) is 13.2 Å². The Morgan fingerprint density at radius 2 is 2.15 bits per heavy atom. The molecule has 142 valence electrons. The van der Waals surface area contributed by atoms with E-state index in [0.29, 0.717) is 18.0 Å². The largest absolute Gasteiger partial charge is 0.434 e. The molecular weight excluding hydrogens is 363 g/mol. The highest BCUT2D eigenvalue weighted by atomic mass is 35.5. The molecule has 0 aromatic carbocycles. The quantitative estimate of drug-likeness (QED) is 0.332. The lowest BCUT2D eigenvalue weighted by atomic mass is 9.80. The number of hydrogen-bond donors (Lipinski definition) is 2. The summed E-state index contributed by atoms with van der Waals surface area (Å²) in [7, 11) is 0. The Hall–Kier alpha value is -1.66. The van der Waals surface area contributed by atoms with Crippen LogP contribution in [0.1, 0.15) is 43.4 Å². The lowest BCUT2D eigenvalue weighted by molar-refractivity contribution is -0.141. The first-order chi connectivity index (χ1) is 12.4. The second-order valence-corrected chi connectivity index (χ2v) is 6.76. The van der Waals surface area contributed by atoms with Crippen molar-refractivity contribution in [2.45, 2.75) is 44.8 Å². The topological polar surface area (TPSA) is 48.8 Å². The molecule has 0 unspecified atom stereocenters. The van der Waals surface area contributed by atoms with Gasteiger partial charge in [0, 0.05) is 19.0 Å². The first kappa shape index (κ1) is 20.6. The van der Waals surface area contributed by atoms with E-state index in [1.807, 2.05) is 12.2 Å². The smallest absolute Gasteiger partial charge is 0.313 e. The average Bonchev–Trinajstić information content (AvgIpc) is 2.53. The molecule has 0 amide bonds. The maximum Gasteiger partial charge on any atom is 0.434 e. The van der Waals surface area contributed by atoms with Crippen LogP contribution in [0.25, 0.3) is 0 Å². The SMILES string of the molecule is N=C/C(=C\C=C\CCCNCc1cnc(C(F)(F)F)c(Cl)c1)C1CCC1. The summed E-state index contributed by atoms with van der Waals surface area (Å²) in [6.07, 6.45) is 9.62. The molecule has 3 nitrogen and oxygen atoms in total. The number of hydrogen-bond acceptors (Lipinski definition) is 3. The van der Waals surface area contributed by atoms with Crippen LogP contribution in [0, 0.1) is 11.3 Å². The summed E-state index contributed by atoms with van der Waals surface area (Å²) in [5.41, 5.74) is 0.669. The van der Waals surface area contributed by atoms with Crippen molar-refractivity contribution in [3.63, 3.8) is 0 Å². The van der Waals surface area contributed by atoms with Crippen molar-refractivity contribution < 1.29 is 13.2 Å². The van der Waals surface area contributed by atoms with E-state index in [9.17, 15) is 13.2 Å². The molecule has 1 aliphatic carbocycles. The molecule has 0 spiro atoms. The van der Waals surface area contributed by atoms with Crippen LogP contribution in [0.15, 0.2) is 36.1 Å². The molecule has 1 heterocycles. The molecule has 26 heavy (non-hydrogen) atoms. The fraction of sp³-hybridized carbons (Fsp3) is 0.474. The van der Waals surface area contributed by atoms with Gasteiger partial charge in [0.05, 0.1) is 5.02 Å². The van der Waals surface area contributed by atoms with Crippen molar-refractivity contribution in [1.29, 1.82) is 5.41 Å². The van der Waals surface area contributed by atoms with Gasteiger partial charge in [0.2, 0.25) is 0 Å². The maximum absolute atomic E-state index is 12.6. The predicted octanol–water partition coefficient (Wildman–Crippen LogP) is 5.56. The number of rotatable bonds is 9. The minimum Gasteiger partial charge on any atom is -0.313 e. The fourth-order valence-electron chi connectivity index (χ4n) is 2.68. The molecular formula is C19H23ClF3N3. The van der Waals surface area contributed by atoms with Crippen LogP contribution in [-0.4, -0.2) is 17.7 Å². The predicted molar refractivity (Wildman–Crippen MR) is 98.5 cm³/mol. The third-order valence-electron chi connectivity index (χ3n) is 4.39. The summed E-state index contributed by atoms with van der Waals surface area (Å²) in [6.45, 7) is 1.17. The minimum absolute atomic E-state index is 0.375. The van der Waals surface area contributed by atoms with Gasteiger partial charge in [0.15, 0.2) is 5.69 Å². The number of halogens is 4. The number of nitrogens with zero attached hydrogens (tertiary/aromatic N) is 1. The highest BCUT2D eigenvalue weighted by Gasteiger charge is 2.35. The monoisotopic (exact) mass is 385 g/mol. The van der Waals surface area contributed by atoms with Gasteiger partial charge in [-0.05, 0) is 55.3 Å². The van der Waals surface area contributed by atoms with Gasteiger partial charge in [0.1, 0.15) is 0 Å². The molecule has 0 saturated heterocycles. The van der Waals surface area contributed by atoms with Crippen molar-refractivity contribution in [3.05, 3.63) is 52.3 Å². The molecule has 0 bridgehead atoms. The lowest BCUT2D eigenvalue weighted by Gasteiger charge is -2.25. The van der Waals surface area contributed by atoms with Gasteiger partial charge in [-0.15, -0.1) is 0 Å². The van der Waals surface area contributed by atoms with Crippen molar-refractivity contribution >= 4 is 17.8 Å². The third-order valence-corrected chi connectivity index (χ3v) is 4.68. The standard InChI is InChI=1S/C19H23ClF3N3/c20-17-10-14(13-26-18(17)19(21,22)23)12-25-9-4-2-1-3-6-16(11-24)15-7-5-8-15/h1,3,6,10-11,13,15,24-25H,2,4-5,7-9,12H2/b3-1+,16-6+,24-11?. The van der Waals surface area contributed by atoms with Gasteiger partial charge in [-0.3, -0.25) is 0 Å². The van der Waals surface area contributed by atoms with E-state index in [4.69, 9.17) is 17.0 Å². The van der Waals surface area contributed by atoms with Crippen LogP contribution in [-0.2, 0) is 12.7 Å². The minimum atomic E-state index is -4.53. The molecule has 0 aliphatic heterocycles. The van der Waals surface area contributed by atoms with Crippen molar-refractivity contribution in [2.75, 3.05) is 6.54 Å². The Balaban J connectivity index is 1.66. The number of aromatic nitrogens is 1. The van der Waals surface area contributed by atoms with Crippen molar-refractivity contribution in [3.8, 4) is 0 Å². The van der Waals surface area contributed by atoms with E-state index in [-0.39, 0.29) is 5.02 Å². The van der Waals surface area contributed by atoms with Gasteiger partial charge in [0.25, 0.3) is 0 Å². The zero-order valence-corrected chi connectivity index (χ0v) is 15.2. The Kier molecular flexibility index (Phi) is 7.85. The molecule has 1 aromatic heterocycles. The Bertz CT molecular complexity index is 664. The van der Waals surface area contributed by atoms with Crippen LogP contribution < -0.4 is 5.32 Å². The Morgan fingerprint density at radius 3 is 2.73 bits per heavy atom. The van der Waals surface area contributed by atoms with E-state index in [2.05, 4.69) is 16.4 Å². The zero-order valence-electron chi connectivity index (χ0n) is 14.5. The molecule has 2 N–H and O–H groups in total. The molecule has 7 heteroatoms.